The van der Waals surface area contributed by atoms with Crippen LogP contribution in [0, 0.1) is 34.7 Å². The maximum atomic E-state index is 14.2. The third-order valence-corrected chi connectivity index (χ3v) is 6.95. The third kappa shape index (κ3) is 5.16. The van der Waals surface area contributed by atoms with Crippen molar-refractivity contribution in [2.24, 2.45) is 5.92 Å². The summed E-state index contributed by atoms with van der Waals surface area (Å²) in [5.74, 6) is -5.72. The molecule has 2 N–H and O–H groups in total. The van der Waals surface area contributed by atoms with Gasteiger partial charge in [0.2, 0.25) is 11.8 Å². The predicted molar refractivity (Wildman–Crippen MR) is 136 cm³/mol. The summed E-state index contributed by atoms with van der Waals surface area (Å²) in [5, 5.41) is 12.3. The van der Waals surface area contributed by atoms with E-state index < -0.39 is 52.8 Å². The highest BCUT2D eigenvalue weighted by atomic mass is 19.2. The highest BCUT2D eigenvalue weighted by molar-refractivity contribution is 6.02. The lowest BCUT2D eigenvalue weighted by Gasteiger charge is -2.34. The summed E-state index contributed by atoms with van der Waals surface area (Å²) in [4.78, 5) is 48.4. The molecule has 204 valence electrons. The number of aromatic amines is 1. The van der Waals surface area contributed by atoms with Crippen LogP contribution in [0.1, 0.15) is 48.7 Å². The highest BCUT2D eigenvalue weighted by Crippen LogP contribution is 2.34. The largest absolute Gasteiger partial charge is 0.348 e. The summed E-state index contributed by atoms with van der Waals surface area (Å²) >= 11 is 0. The number of aromatic nitrogens is 2. The van der Waals surface area contributed by atoms with Gasteiger partial charge in [0.1, 0.15) is 29.4 Å². The first-order valence-corrected chi connectivity index (χ1v) is 12.3. The van der Waals surface area contributed by atoms with E-state index in [2.05, 4.69) is 21.4 Å². The lowest BCUT2D eigenvalue weighted by Crippen LogP contribution is -2.51. The van der Waals surface area contributed by atoms with Gasteiger partial charge in [0, 0.05) is 37.3 Å². The number of hydrogen-bond donors (Lipinski definition) is 2. The molecule has 3 aromatic rings. The fourth-order valence-corrected chi connectivity index (χ4v) is 4.80. The molecular formula is C27H27F3N6O3. The number of hydrogen-bond acceptors (Lipinski definition) is 5. The van der Waals surface area contributed by atoms with Crippen molar-refractivity contribution >= 4 is 34.4 Å². The molecule has 12 heteroatoms. The maximum absolute atomic E-state index is 14.2. The monoisotopic (exact) mass is 540 g/mol. The van der Waals surface area contributed by atoms with Crippen molar-refractivity contribution in [2.75, 3.05) is 19.4 Å². The number of anilines is 1. The van der Waals surface area contributed by atoms with Crippen molar-refractivity contribution in [1.29, 1.82) is 5.26 Å². The van der Waals surface area contributed by atoms with Gasteiger partial charge in [0.05, 0.1) is 17.5 Å². The standard InChI is InChI=1S/C27H27F3N6O3/c1-13(2)8-21(36(4)26(38)20-10-17-18(28)11-19(29)22(30)23(17)33-20)27(39)35(3)14(12-31)9-16-15-6-5-7-32-24(15)34-25(16)37/h5-7,10-11,13-14,16,21,33H,8-9H2,1-4H3,(H,32,34,37)/t14?,16-,21?/m1/s1. The lowest BCUT2D eigenvalue weighted by atomic mass is 9.93. The van der Waals surface area contributed by atoms with E-state index in [-0.39, 0.29) is 35.7 Å². The molecule has 3 amide bonds. The van der Waals surface area contributed by atoms with Gasteiger partial charge in [-0.2, -0.15) is 5.26 Å². The Morgan fingerprint density at radius 1 is 1.15 bits per heavy atom. The molecule has 2 unspecified atom stereocenters. The molecule has 0 spiro atoms. The average molecular weight is 541 g/mol. The average Bonchev–Trinajstić information content (AvgIpc) is 3.49. The summed E-state index contributed by atoms with van der Waals surface area (Å²) in [6.45, 7) is 3.70. The Morgan fingerprint density at radius 3 is 2.54 bits per heavy atom. The second-order valence-electron chi connectivity index (χ2n) is 10.0. The van der Waals surface area contributed by atoms with Crippen LogP contribution in [0.15, 0.2) is 30.5 Å². The van der Waals surface area contributed by atoms with Crippen molar-refractivity contribution in [2.45, 2.75) is 44.7 Å². The van der Waals surface area contributed by atoms with Gasteiger partial charge in [-0.25, -0.2) is 18.2 Å². The molecule has 9 nitrogen and oxygen atoms in total. The summed E-state index contributed by atoms with van der Waals surface area (Å²) in [6.07, 6.45) is 1.77. The molecule has 1 aliphatic rings. The van der Waals surface area contributed by atoms with E-state index in [0.29, 0.717) is 17.4 Å². The zero-order chi connectivity index (χ0) is 28.6. The van der Waals surface area contributed by atoms with E-state index in [1.165, 1.54) is 25.2 Å². The van der Waals surface area contributed by atoms with E-state index in [4.69, 9.17) is 0 Å². The van der Waals surface area contributed by atoms with Gasteiger partial charge in [-0.1, -0.05) is 19.9 Å². The van der Waals surface area contributed by atoms with Crippen LogP contribution in [-0.2, 0) is 9.59 Å². The molecule has 0 radical (unpaired) electrons. The number of pyridine rings is 1. The molecule has 0 bridgehead atoms. The van der Waals surface area contributed by atoms with Gasteiger partial charge in [-0.05, 0) is 30.9 Å². The van der Waals surface area contributed by atoms with E-state index in [0.717, 1.165) is 11.0 Å². The number of H-pyrrole nitrogens is 1. The number of nitriles is 1. The van der Waals surface area contributed by atoms with Crippen LogP contribution in [0.5, 0.6) is 0 Å². The molecule has 1 aromatic carbocycles. The SMILES string of the molecule is CC(C)CC(C(=O)N(C)C(C#N)C[C@H]1C(=O)Nc2ncccc21)N(C)C(=O)c1cc2c(F)cc(F)c(F)c2[nH]1. The van der Waals surface area contributed by atoms with Crippen molar-refractivity contribution in [3.05, 3.63) is 59.2 Å². The van der Waals surface area contributed by atoms with Gasteiger partial charge in [0.15, 0.2) is 11.6 Å². The second-order valence-corrected chi connectivity index (χ2v) is 10.0. The van der Waals surface area contributed by atoms with Crippen LogP contribution in [0.25, 0.3) is 10.9 Å². The quantitative estimate of drug-likeness (QED) is 0.419. The fraction of sp³-hybridized carbons (Fsp3) is 0.370. The Bertz CT molecular complexity index is 1500. The second kappa shape index (κ2) is 10.8. The molecule has 39 heavy (non-hydrogen) atoms. The topological polar surface area (TPSA) is 122 Å². The molecule has 2 aromatic heterocycles. The van der Waals surface area contributed by atoms with Gasteiger partial charge in [-0.15, -0.1) is 0 Å². The Labute approximate surface area is 222 Å². The Kier molecular flexibility index (Phi) is 7.63. The number of carbonyl (C=O) groups excluding carboxylic acids is 3. The number of nitrogens with zero attached hydrogens (tertiary/aromatic N) is 4. The van der Waals surface area contributed by atoms with Gasteiger partial charge in [0.25, 0.3) is 5.91 Å². The van der Waals surface area contributed by atoms with Crippen LogP contribution in [0.2, 0.25) is 0 Å². The number of nitrogens with one attached hydrogen (secondary N) is 2. The van der Waals surface area contributed by atoms with Crippen molar-refractivity contribution in [1.82, 2.24) is 19.8 Å². The summed E-state index contributed by atoms with van der Waals surface area (Å²) in [6, 6.07) is 4.90. The first-order valence-electron chi connectivity index (χ1n) is 12.3. The molecule has 0 fully saturated rings. The zero-order valence-electron chi connectivity index (χ0n) is 21.8. The van der Waals surface area contributed by atoms with Crippen LogP contribution in [0.3, 0.4) is 0 Å². The van der Waals surface area contributed by atoms with Crippen molar-refractivity contribution in [3.8, 4) is 6.07 Å². The summed E-state index contributed by atoms with van der Waals surface area (Å²) in [7, 11) is 2.79. The number of likely N-dealkylation sites (N-methyl/N-ethyl adjacent to an activating group) is 2. The molecule has 0 saturated heterocycles. The van der Waals surface area contributed by atoms with Crippen LogP contribution >= 0.6 is 0 Å². The normalized spacial score (nSPS) is 16.0. The Balaban J connectivity index is 1.59. The number of carbonyl (C=O) groups is 3. The smallest absolute Gasteiger partial charge is 0.270 e. The summed E-state index contributed by atoms with van der Waals surface area (Å²) in [5.41, 5.74) is -0.102. The molecule has 3 atom stereocenters. The zero-order valence-corrected chi connectivity index (χ0v) is 21.8. The van der Waals surface area contributed by atoms with E-state index in [1.54, 1.807) is 12.1 Å². The molecule has 4 rings (SSSR count). The third-order valence-electron chi connectivity index (χ3n) is 6.95. The number of rotatable bonds is 8. The first kappa shape index (κ1) is 27.6. The molecule has 3 heterocycles. The van der Waals surface area contributed by atoms with Gasteiger partial charge < -0.3 is 20.1 Å². The number of amides is 3. The van der Waals surface area contributed by atoms with Crippen LogP contribution < -0.4 is 5.32 Å². The minimum absolute atomic E-state index is 0.0153. The number of halogens is 3. The Hall–Kier alpha value is -4.40. The van der Waals surface area contributed by atoms with E-state index >= 15 is 0 Å². The van der Waals surface area contributed by atoms with Gasteiger partial charge >= 0.3 is 0 Å². The number of fused-ring (bicyclic) bond motifs is 2. The molecular weight excluding hydrogens is 513 g/mol. The predicted octanol–water partition coefficient (Wildman–Crippen LogP) is 3.94. The highest BCUT2D eigenvalue weighted by Gasteiger charge is 2.38. The number of benzene rings is 1. The van der Waals surface area contributed by atoms with Crippen LogP contribution in [0.4, 0.5) is 19.0 Å². The van der Waals surface area contributed by atoms with Crippen molar-refractivity contribution in [3.63, 3.8) is 0 Å². The first-order chi connectivity index (χ1) is 18.4. The van der Waals surface area contributed by atoms with Gasteiger partial charge in [-0.3, -0.25) is 14.4 Å². The van der Waals surface area contributed by atoms with E-state index in [1.807, 2.05) is 13.8 Å². The fourth-order valence-electron chi connectivity index (χ4n) is 4.80. The van der Waals surface area contributed by atoms with E-state index in [9.17, 15) is 32.8 Å². The Morgan fingerprint density at radius 2 is 1.87 bits per heavy atom. The molecule has 0 saturated carbocycles. The van der Waals surface area contributed by atoms with Crippen LogP contribution in [-0.4, -0.2) is 63.7 Å². The minimum atomic E-state index is -1.40. The lowest BCUT2D eigenvalue weighted by molar-refractivity contribution is -0.136. The molecule has 1 aliphatic heterocycles. The molecule has 0 aliphatic carbocycles. The maximum Gasteiger partial charge on any atom is 0.270 e. The minimum Gasteiger partial charge on any atom is -0.348 e. The summed E-state index contributed by atoms with van der Waals surface area (Å²) < 4.78 is 42.1. The van der Waals surface area contributed by atoms with Crippen molar-refractivity contribution < 1.29 is 27.6 Å².